The zero-order chi connectivity index (χ0) is 16.2. The van der Waals surface area contributed by atoms with Crippen molar-refractivity contribution in [1.29, 1.82) is 0 Å². The van der Waals surface area contributed by atoms with Crippen LogP contribution in [0.1, 0.15) is 24.9 Å². The maximum absolute atomic E-state index is 14.2. The third-order valence-electron chi connectivity index (χ3n) is 4.33. The molecule has 2 aliphatic heterocycles. The molecule has 6 heteroatoms. The van der Waals surface area contributed by atoms with E-state index in [2.05, 4.69) is 5.32 Å². The highest BCUT2D eigenvalue weighted by atomic mass is 19.1. The van der Waals surface area contributed by atoms with Gasteiger partial charge in [0.1, 0.15) is 17.4 Å². The van der Waals surface area contributed by atoms with Crippen LogP contribution < -0.4 is 15.0 Å². The molecule has 23 heavy (non-hydrogen) atoms. The van der Waals surface area contributed by atoms with Crippen molar-refractivity contribution in [1.82, 2.24) is 5.32 Å². The lowest BCUT2D eigenvalue weighted by Gasteiger charge is -2.50. The molecular weight excluding hydrogens is 302 g/mol. The maximum atomic E-state index is 14.2. The van der Waals surface area contributed by atoms with Crippen molar-refractivity contribution in [2.45, 2.75) is 25.1 Å². The van der Waals surface area contributed by atoms with E-state index in [1.54, 1.807) is 13.0 Å². The van der Waals surface area contributed by atoms with Gasteiger partial charge in [-0.3, -0.25) is 4.90 Å². The number of carbonyl (C=O) groups excluding carboxylic acids is 1. The average Bonchev–Trinajstić information content (AvgIpc) is 2.50. The third-order valence-corrected chi connectivity index (χ3v) is 4.33. The summed E-state index contributed by atoms with van der Waals surface area (Å²) in [6, 6.07) is 9.69. The topological polar surface area (TPSA) is 41.6 Å². The largest absolute Gasteiger partial charge is 0.467 e. The van der Waals surface area contributed by atoms with Gasteiger partial charge in [0.05, 0.1) is 11.7 Å². The van der Waals surface area contributed by atoms with Crippen molar-refractivity contribution in [3.05, 3.63) is 59.7 Å². The number of para-hydroxylation sites is 1. The van der Waals surface area contributed by atoms with Gasteiger partial charge in [-0.05, 0) is 25.1 Å². The number of halogens is 2. The molecule has 0 unspecified atom stereocenters. The molecule has 2 amide bonds. The standard InChI is InChI=1S/C17H14F2N2O2/c1-17-9-13(11-4-2-3-5-15(11)23-17)20-16(22)21(17)14-8-10(18)6-7-12(14)19/h2-8,13H,9H2,1H3,(H,20,22)/t13-,17-/m1/s1. The number of anilines is 1. The summed E-state index contributed by atoms with van der Waals surface area (Å²) in [7, 11) is 0. The lowest BCUT2D eigenvalue weighted by Crippen LogP contribution is -2.65. The lowest BCUT2D eigenvalue weighted by molar-refractivity contribution is 0.0373. The van der Waals surface area contributed by atoms with Gasteiger partial charge in [0.25, 0.3) is 0 Å². The van der Waals surface area contributed by atoms with Crippen molar-refractivity contribution < 1.29 is 18.3 Å². The fourth-order valence-electron chi connectivity index (χ4n) is 3.34. The number of hydrogen-bond donors (Lipinski definition) is 1. The Morgan fingerprint density at radius 2 is 2.04 bits per heavy atom. The normalized spacial score (nSPS) is 25.4. The molecule has 2 aromatic rings. The number of amides is 2. The molecule has 1 N–H and O–H groups in total. The van der Waals surface area contributed by atoms with Crippen LogP contribution in [0.4, 0.5) is 19.3 Å². The van der Waals surface area contributed by atoms with E-state index in [1.807, 2.05) is 18.2 Å². The van der Waals surface area contributed by atoms with Crippen molar-refractivity contribution >= 4 is 11.7 Å². The number of fused-ring (bicyclic) bond motifs is 4. The zero-order valence-corrected chi connectivity index (χ0v) is 12.3. The Kier molecular flexibility index (Phi) is 2.85. The monoisotopic (exact) mass is 316 g/mol. The fourth-order valence-corrected chi connectivity index (χ4v) is 3.34. The minimum absolute atomic E-state index is 0.136. The first-order valence-electron chi connectivity index (χ1n) is 7.32. The van der Waals surface area contributed by atoms with Gasteiger partial charge in [0.15, 0.2) is 5.72 Å². The van der Waals surface area contributed by atoms with Gasteiger partial charge < -0.3 is 10.1 Å². The summed E-state index contributed by atoms with van der Waals surface area (Å²) >= 11 is 0. The van der Waals surface area contributed by atoms with Gasteiger partial charge in [-0.2, -0.15) is 0 Å². The molecule has 4 rings (SSSR count). The predicted octanol–water partition coefficient (Wildman–Crippen LogP) is 3.73. The van der Waals surface area contributed by atoms with E-state index in [0.29, 0.717) is 12.2 Å². The smallest absolute Gasteiger partial charge is 0.325 e. The molecule has 0 aliphatic carbocycles. The molecule has 118 valence electrons. The van der Waals surface area contributed by atoms with Gasteiger partial charge in [0, 0.05) is 18.1 Å². The minimum atomic E-state index is -1.09. The van der Waals surface area contributed by atoms with E-state index in [4.69, 9.17) is 4.74 Å². The molecule has 2 aromatic carbocycles. The van der Waals surface area contributed by atoms with Gasteiger partial charge in [-0.1, -0.05) is 18.2 Å². The Bertz CT molecular complexity index is 811. The van der Waals surface area contributed by atoms with Crippen molar-refractivity contribution in [2.24, 2.45) is 0 Å². The number of hydrogen-bond acceptors (Lipinski definition) is 2. The third kappa shape index (κ3) is 2.05. The molecule has 1 fully saturated rings. The van der Waals surface area contributed by atoms with Gasteiger partial charge in [-0.25, -0.2) is 13.6 Å². The highest BCUT2D eigenvalue weighted by molar-refractivity contribution is 5.95. The Balaban J connectivity index is 1.84. The van der Waals surface area contributed by atoms with Crippen molar-refractivity contribution in [3.63, 3.8) is 0 Å². The van der Waals surface area contributed by atoms with E-state index in [-0.39, 0.29) is 11.7 Å². The first-order chi connectivity index (χ1) is 11.0. The van der Waals surface area contributed by atoms with E-state index in [1.165, 1.54) is 0 Å². The molecule has 0 spiro atoms. The van der Waals surface area contributed by atoms with E-state index in [9.17, 15) is 13.6 Å². The highest BCUT2D eigenvalue weighted by Gasteiger charge is 2.50. The van der Waals surface area contributed by atoms with Crippen LogP contribution in [0.25, 0.3) is 0 Å². The Morgan fingerprint density at radius 3 is 2.87 bits per heavy atom. The average molecular weight is 316 g/mol. The second-order valence-electron chi connectivity index (χ2n) is 5.95. The molecule has 2 atom stereocenters. The Morgan fingerprint density at radius 1 is 1.26 bits per heavy atom. The van der Waals surface area contributed by atoms with Crippen LogP contribution in [0, 0.1) is 11.6 Å². The summed E-state index contributed by atoms with van der Waals surface area (Å²) in [6.07, 6.45) is 0.436. The first-order valence-corrected chi connectivity index (χ1v) is 7.32. The number of ether oxygens (including phenoxy) is 1. The van der Waals surface area contributed by atoms with Crippen LogP contribution in [0.2, 0.25) is 0 Å². The predicted molar refractivity (Wildman–Crippen MR) is 80.2 cm³/mol. The highest BCUT2D eigenvalue weighted by Crippen LogP contribution is 2.45. The number of benzene rings is 2. The number of carbonyl (C=O) groups is 1. The maximum Gasteiger partial charge on any atom is 0.325 e. The van der Waals surface area contributed by atoms with Crippen LogP contribution in [-0.4, -0.2) is 11.8 Å². The van der Waals surface area contributed by atoms with Crippen LogP contribution in [0.5, 0.6) is 5.75 Å². The van der Waals surface area contributed by atoms with Crippen LogP contribution in [0.3, 0.4) is 0 Å². The summed E-state index contributed by atoms with van der Waals surface area (Å²) in [5.41, 5.74) is -0.337. The summed E-state index contributed by atoms with van der Waals surface area (Å²) in [5.74, 6) is -0.659. The van der Waals surface area contributed by atoms with Crippen molar-refractivity contribution in [3.8, 4) is 5.75 Å². The van der Waals surface area contributed by atoms with E-state index < -0.39 is 23.4 Å². The van der Waals surface area contributed by atoms with Crippen LogP contribution in [-0.2, 0) is 0 Å². The molecule has 0 aromatic heterocycles. The van der Waals surface area contributed by atoms with Gasteiger partial charge >= 0.3 is 6.03 Å². The van der Waals surface area contributed by atoms with Crippen LogP contribution in [0.15, 0.2) is 42.5 Å². The van der Waals surface area contributed by atoms with Gasteiger partial charge in [-0.15, -0.1) is 0 Å². The molecule has 0 radical (unpaired) electrons. The second kappa shape index (κ2) is 4.68. The van der Waals surface area contributed by atoms with Gasteiger partial charge in [0.2, 0.25) is 0 Å². The molecule has 4 nitrogen and oxygen atoms in total. The lowest BCUT2D eigenvalue weighted by atomic mass is 9.90. The van der Waals surface area contributed by atoms with Crippen LogP contribution >= 0.6 is 0 Å². The fraction of sp³-hybridized carbons (Fsp3) is 0.235. The van der Waals surface area contributed by atoms with Crippen molar-refractivity contribution in [2.75, 3.05) is 4.90 Å². The minimum Gasteiger partial charge on any atom is -0.467 e. The SMILES string of the molecule is C[C@@]12C[C@@H](NC(=O)N1c1cc(F)ccc1F)c1ccccc1O2. The summed E-state index contributed by atoms with van der Waals surface area (Å²) in [5, 5.41) is 2.84. The molecule has 1 saturated heterocycles. The number of nitrogens with one attached hydrogen (secondary N) is 1. The number of urea groups is 1. The Hall–Kier alpha value is -2.63. The Labute approximate surface area is 131 Å². The molecule has 2 bridgehead atoms. The zero-order valence-electron chi connectivity index (χ0n) is 12.3. The second-order valence-corrected chi connectivity index (χ2v) is 5.95. The number of rotatable bonds is 1. The summed E-state index contributed by atoms with van der Waals surface area (Å²) in [6.45, 7) is 1.71. The molecule has 2 aliphatic rings. The first kappa shape index (κ1) is 14.0. The molecule has 0 saturated carbocycles. The van der Waals surface area contributed by atoms with E-state index >= 15 is 0 Å². The molecular formula is C17H14F2N2O2. The number of nitrogens with zero attached hydrogens (tertiary/aromatic N) is 1. The van der Waals surface area contributed by atoms with E-state index in [0.717, 1.165) is 28.7 Å². The molecule has 2 heterocycles. The quantitative estimate of drug-likeness (QED) is 0.871. The summed E-state index contributed by atoms with van der Waals surface area (Å²) < 4.78 is 33.7. The summed E-state index contributed by atoms with van der Waals surface area (Å²) in [4.78, 5) is 13.7.